The zero-order valence-electron chi connectivity index (χ0n) is 18.0. The highest BCUT2D eigenvalue weighted by molar-refractivity contribution is 6.06. The Balaban J connectivity index is 1.54. The molecule has 0 fully saturated rings. The molecule has 3 aromatic rings. The largest absolute Gasteiger partial charge is 0.508 e. The Kier molecular flexibility index (Phi) is 6.07. The van der Waals surface area contributed by atoms with E-state index in [1.54, 1.807) is 19.1 Å². The van der Waals surface area contributed by atoms with E-state index in [-0.39, 0.29) is 17.4 Å². The monoisotopic (exact) mass is 432 g/mol. The maximum absolute atomic E-state index is 12.7. The quantitative estimate of drug-likeness (QED) is 0.350. The predicted molar refractivity (Wildman–Crippen MR) is 119 cm³/mol. The van der Waals surface area contributed by atoms with E-state index < -0.39 is 5.97 Å². The average Bonchev–Trinajstić information content (AvgIpc) is 3.15. The maximum atomic E-state index is 12.7. The molecule has 1 aliphatic rings. The summed E-state index contributed by atoms with van der Waals surface area (Å²) in [6.45, 7) is 3.85. The van der Waals surface area contributed by atoms with Crippen molar-refractivity contribution in [2.75, 3.05) is 0 Å². The van der Waals surface area contributed by atoms with E-state index in [0.717, 1.165) is 24.0 Å². The lowest BCUT2D eigenvalue weighted by Crippen LogP contribution is -2.22. The maximum Gasteiger partial charge on any atom is 0.379 e. The third-order valence-corrected chi connectivity index (χ3v) is 5.48. The second kappa shape index (κ2) is 9.09. The Hall–Kier alpha value is -3.87. The zero-order chi connectivity index (χ0) is 22.7. The number of ether oxygens (including phenoxy) is 1. The van der Waals surface area contributed by atoms with E-state index in [4.69, 9.17) is 9.15 Å². The van der Waals surface area contributed by atoms with Crippen molar-refractivity contribution >= 4 is 17.6 Å². The molecule has 0 saturated heterocycles. The number of rotatable bonds is 5. The fraction of sp³-hybridized carbons (Fsp3) is 0.240. The number of carbonyl (C=O) groups is 2. The molecule has 1 amide bonds. The topological polar surface area (TPSA) is 101 Å². The molecule has 0 atom stereocenters. The number of carbonyl (C=O) groups excluding carboxylic acids is 2. The van der Waals surface area contributed by atoms with E-state index in [1.807, 2.05) is 12.1 Å². The fourth-order valence-corrected chi connectivity index (χ4v) is 3.72. The van der Waals surface area contributed by atoms with Crippen molar-refractivity contribution in [1.29, 1.82) is 0 Å². The van der Waals surface area contributed by atoms with Gasteiger partial charge in [0.15, 0.2) is 0 Å². The van der Waals surface area contributed by atoms with E-state index in [1.165, 1.54) is 24.3 Å². The van der Waals surface area contributed by atoms with Crippen LogP contribution in [0, 0.1) is 6.92 Å². The van der Waals surface area contributed by atoms with Crippen molar-refractivity contribution < 1.29 is 23.8 Å². The number of hydrogen-bond donors (Lipinski definition) is 2. The summed E-state index contributed by atoms with van der Waals surface area (Å²) >= 11 is 0. The van der Waals surface area contributed by atoms with Gasteiger partial charge in [-0.1, -0.05) is 19.1 Å². The second-order valence-electron chi connectivity index (χ2n) is 7.64. The van der Waals surface area contributed by atoms with Crippen molar-refractivity contribution in [3.63, 3.8) is 0 Å². The van der Waals surface area contributed by atoms with Crippen LogP contribution in [0.2, 0.25) is 0 Å². The van der Waals surface area contributed by atoms with Crippen LogP contribution in [0.25, 0.3) is 0 Å². The molecule has 164 valence electrons. The Morgan fingerprint density at radius 3 is 2.50 bits per heavy atom. The predicted octanol–water partition coefficient (Wildman–Crippen LogP) is 4.55. The molecule has 0 radical (unpaired) electrons. The Morgan fingerprint density at radius 1 is 1.09 bits per heavy atom. The molecule has 32 heavy (non-hydrogen) atoms. The van der Waals surface area contributed by atoms with Crippen molar-refractivity contribution in [1.82, 2.24) is 5.43 Å². The van der Waals surface area contributed by atoms with Gasteiger partial charge in [-0.15, -0.1) is 0 Å². The Morgan fingerprint density at radius 2 is 1.81 bits per heavy atom. The van der Waals surface area contributed by atoms with Gasteiger partial charge in [-0.25, -0.2) is 10.2 Å². The minimum atomic E-state index is -0.561. The molecular formula is C25H24N2O5. The van der Waals surface area contributed by atoms with Gasteiger partial charge < -0.3 is 14.3 Å². The number of nitrogens with one attached hydrogen (secondary N) is 1. The summed E-state index contributed by atoms with van der Waals surface area (Å²) in [5, 5.41) is 13.7. The lowest BCUT2D eigenvalue weighted by molar-refractivity contribution is 0.0698. The summed E-state index contributed by atoms with van der Waals surface area (Å²) in [6.07, 6.45) is 3.03. The molecule has 2 N–H and O–H groups in total. The van der Waals surface area contributed by atoms with E-state index in [2.05, 4.69) is 17.5 Å². The average molecular weight is 432 g/mol. The Labute approximate surface area is 185 Å². The molecule has 0 aliphatic heterocycles. The molecule has 2 aromatic carbocycles. The normalized spacial score (nSPS) is 14.1. The number of aromatic hydroxyl groups is 1. The third kappa shape index (κ3) is 4.42. The molecule has 1 aromatic heterocycles. The van der Waals surface area contributed by atoms with Crippen LogP contribution in [0.4, 0.5) is 0 Å². The van der Waals surface area contributed by atoms with Gasteiger partial charge >= 0.3 is 5.97 Å². The number of aryl methyl sites for hydroxylation is 2. The SMILES string of the molecule is CCc1ccc(OC(=O)c2oc3c(c2C)/C(=N/NC(=O)c2ccc(O)cc2)CCC3)cc1. The highest BCUT2D eigenvalue weighted by atomic mass is 16.5. The number of phenolic OH excluding ortho intramolecular Hbond substituents is 1. The number of nitrogens with zero attached hydrogens (tertiary/aromatic N) is 1. The first-order valence-electron chi connectivity index (χ1n) is 10.6. The Bertz CT molecular complexity index is 1170. The smallest absolute Gasteiger partial charge is 0.379 e. The number of hydrogen-bond acceptors (Lipinski definition) is 6. The molecular weight excluding hydrogens is 408 g/mol. The lowest BCUT2D eigenvalue weighted by Gasteiger charge is -2.13. The van der Waals surface area contributed by atoms with Crippen LogP contribution in [-0.2, 0) is 12.8 Å². The van der Waals surface area contributed by atoms with Gasteiger partial charge in [-0.3, -0.25) is 4.79 Å². The van der Waals surface area contributed by atoms with Gasteiger partial charge in [0.1, 0.15) is 17.3 Å². The van der Waals surface area contributed by atoms with E-state index in [0.29, 0.717) is 41.2 Å². The van der Waals surface area contributed by atoms with Crippen LogP contribution < -0.4 is 10.2 Å². The number of amides is 1. The lowest BCUT2D eigenvalue weighted by atomic mass is 9.93. The van der Waals surface area contributed by atoms with Gasteiger partial charge in [-0.05, 0) is 68.1 Å². The minimum Gasteiger partial charge on any atom is -0.508 e. The van der Waals surface area contributed by atoms with Crippen LogP contribution >= 0.6 is 0 Å². The summed E-state index contributed by atoms with van der Waals surface area (Å²) in [6, 6.07) is 13.3. The van der Waals surface area contributed by atoms with E-state index >= 15 is 0 Å². The first kappa shape index (κ1) is 21.4. The minimum absolute atomic E-state index is 0.0829. The first-order chi connectivity index (χ1) is 15.5. The summed E-state index contributed by atoms with van der Waals surface area (Å²) < 4.78 is 11.4. The highest BCUT2D eigenvalue weighted by Gasteiger charge is 2.29. The van der Waals surface area contributed by atoms with Crippen molar-refractivity contribution in [2.24, 2.45) is 5.10 Å². The van der Waals surface area contributed by atoms with Gasteiger partial charge in [-0.2, -0.15) is 5.10 Å². The van der Waals surface area contributed by atoms with Crippen LogP contribution in [0.1, 0.15) is 63.1 Å². The molecule has 1 heterocycles. The molecule has 0 saturated carbocycles. The van der Waals surface area contributed by atoms with Crippen LogP contribution in [0.5, 0.6) is 11.5 Å². The molecule has 0 unspecified atom stereocenters. The van der Waals surface area contributed by atoms with Crippen molar-refractivity contribution in [3.8, 4) is 11.5 Å². The second-order valence-corrected chi connectivity index (χ2v) is 7.64. The highest BCUT2D eigenvalue weighted by Crippen LogP contribution is 2.30. The number of furan rings is 1. The van der Waals surface area contributed by atoms with Crippen molar-refractivity contribution in [2.45, 2.75) is 39.5 Å². The van der Waals surface area contributed by atoms with Crippen LogP contribution in [0.3, 0.4) is 0 Å². The summed E-state index contributed by atoms with van der Waals surface area (Å²) in [5.74, 6) is 0.402. The number of benzene rings is 2. The molecule has 7 nitrogen and oxygen atoms in total. The zero-order valence-corrected chi connectivity index (χ0v) is 18.0. The number of esters is 1. The summed E-state index contributed by atoms with van der Waals surface area (Å²) in [5.41, 5.74) is 6.14. The van der Waals surface area contributed by atoms with Gasteiger partial charge in [0.25, 0.3) is 5.91 Å². The summed E-state index contributed by atoms with van der Waals surface area (Å²) in [7, 11) is 0. The van der Waals surface area contributed by atoms with Gasteiger partial charge in [0, 0.05) is 23.1 Å². The first-order valence-corrected chi connectivity index (χ1v) is 10.6. The van der Waals surface area contributed by atoms with E-state index in [9.17, 15) is 14.7 Å². The number of fused-ring (bicyclic) bond motifs is 1. The molecule has 0 spiro atoms. The summed E-state index contributed by atoms with van der Waals surface area (Å²) in [4.78, 5) is 25.1. The molecule has 0 bridgehead atoms. The molecule has 7 heteroatoms. The van der Waals surface area contributed by atoms with Crippen molar-refractivity contribution in [3.05, 3.63) is 82.3 Å². The standard InChI is InChI=1S/C25H24N2O5/c1-3-16-7-13-19(14-8-16)31-25(30)23-15(2)22-20(5-4-6-21(22)32-23)26-27-24(29)17-9-11-18(28)12-10-17/h7-14,28H,3-6H2,1-2H3,(H,27,29)/b26-20+. The van der Waals surface area contributed by atoms with Crippen LogP contribution in [0.15, 0.2) is 58.0 Å². The number of phenols is 1. The molecule has 1 aliphatic carbocycles. The van der Waals surface area contributed by atoms with Gasteiger partial charge in [0.2, 0.25) is 5.76 Å². The van der Waals surface area contributed by atoms with Crippen LogP contribution in [-0.4, -0.2) is 22.7 Å². The third-order valence-electron chi connectivity index (χ3n) is 5.48. The fourth-order valence-electron chi connectivity index (χ4n) is 3.72. The van der Waals surface area contributed by atoms with Gasteiger partial charge in [0.05, 0.1) is 5.71 Å². The number of hydrazone groups is 1. The molecule has 4 rings (SSSR count).